The Morgan fingerprint density at radius 3 is 2.89 bits per heavy atom. The van der Waals surface area contributed by atoms with Crippen molar-refractivity contribution in [3.63, 3.8) is 0 Å². The molecule has 0 heterocycles. The number of carbonyl (C=O) groups excluding carboxylic acids is 2. The van der Waals surface area contributed by atoms with Crippen LogP contribution in [0.2, 0.25) is 0 Å². The van der Waals surface area contributed by atoms with Crippen LogP contribution in [0.25, 0.3) is 0 Å². The normalized spacial score (nSPS) is 17.9. The molecule has 0 aliphatic heterocycles. The Morgan fingerprint density at radius 2 is 2.22 bits per heavy atom. The number of ketones is 1. The van der Waals surface area contributed by atoms with E-state index in [1.165, 1.54) is 0 Å². The van der Waals surface area contributed by atoms with Crippen LogP contribution in [0.3, 0.4) is 0 Å². The quantitative estimate of drug-likeness (QED) is 0.750. The molecule has 0 N–H and O–H groups in total. The minimum atomic E-state index is -0.169. The monoisotopic (exact) mass is 246 g/mol. The summed E-state index contributed by atoms with van der Waals surface area (Å²) in [6.45, 7) is 4.81. The lowest BCUT2D eigenvalue weighted by atomic mass is 10.0. The summed E-state index contributed by atoms with van der Waals surface area (Å²) in [5.74, 6) is 1.10. The van der Waals surface area contributed by atoms with Crippen molar-refractivity contribution in [1.29, 1.82) is 0 Å². The molecule has 0 fully saturated rings. The van der Waals surface area contributed by atoms with Crippen LogP contribution in [0, 0.1) is 11.8 Å². The fourth-order valence-electron chi connectivity index (χ4n) is 2.20. The van der Waals surface area contributed by atoms with Gasteiger partial charge in [0.1, 0.15) is 12.0 Å². The van der Waals surface area contributed by atoms with Crippen molar-refractivity contribution >= 4 is 12.1 Å². The second-order valence-electron chi connectivity index (χ2n) is 5.19. The number of ether oxygens (including phenoxy) is 1. The van der Waals surface area contributed by atoms with E-state index in [4.69, 9.17) is 4.74 Å². The molecule has 0 spiro atoms. The molecular weight excluding hydrogens is 228 g/mol. The van der Waals surface area contributed by atoms with Gasteiger partial charge >= 0.3 is 0 Å². The van der Waals surface area contributed by atoms with E-state index < -0.39 is 0 Å². The van der Waals surface area contributed by atoms with Gasteiger partial charge in [0.25, 0.3) is 0 Å². The zero-order chi connectivity index (χ0) is 13.1. The number of hydrogen-bond donors (Lipinski definition) is 0. The first-order valence-corrected chi connectivity index (χ1v) is 6.35. The molecule has 96 valence electrons. The standard InChI is InChI=1S/C15H18O3/c1-10(2)9-18-13-4-3-11-7-12(5-6-16)15(17)14(11)8-13/h3-4,6,8,10,12H,5,7,9H2,1-2H3. The average molecular weight is 246 g/mol. The number of rotatable bonds is 5. The molecule has 1 aliphatic rings. The van der Waals surface area contributed by atoms with Gasteiger partial charge in [0, 0.05) is 17.9 Å². The third kappa shape index (κ3) is 2.61. The minimum Gasteiger partial charge on any atom is -0.493 e. The Morgan fingerprint density at radius 1 is 1.44 bits per heavy atom. The van der Waals surface area contributed by atoms with Crippen LogP contribution in [0.1, 0.15) is 36.2 Å². The molecule has 1 aromatic carbocycles. The van der Waals surface area contributed by atoms with Gasteiger partial charge in [-0.05, 0) is 30.0 Å². The van der Waals surface area contributed by atoms with E-state index in [-0.39, 0.29) is 11.7 Å². The van der Waals surface area contributed by atoms with E-state index in [2.05, 4.69) is 13.8 Å². The lowest BCUT2D eigenvalue weighted by Gasteiger charge is -2.09. The Bertz CT molecular complexity index is 463. The smallest absolute Gasteiger partial charge is 0.167 e. The van der Waals surface area contributed by atoms with E-state index in [9.17, 15) is 9.59 Å². The van der Waals surface area contributed by atoms with Crippen molar-refractivity contribution in [2.75, 3.05) is 6.61 Å². The van der Waals surface area contributed by atoms with Crippen LogP contribution in [0.5, 0.6) is 5.75 Å². The van der Waals surface area contributed by atoms with Gasteiger partial charge in [-0.1, -0.05) is 19.9 Å². The lowest BCUT2D eigenvalue weighted by molar-refractivity contribution is -0.108. The summed E-state index contributed by atoms with van der Waals surface area (Å²) in [4.78, 5) is 22.6. The Balaban J connectivity index is 2.14. The van der Waals surface area contributed by atoms with Crippen LogP contribution < -0.4 is 4.74 Å². The summed E-state index contributed by atoms with van der Waals surface area (Å²) < 4.78 is 5.61. The van der Waals surface area contributed by atoms with Gasteiger partial charge in [-0.25, -0.2) is 0 Å². The molecule has 0 saturated carbocycles. The van der Waals surface area contributed by atoms with Gasteiger partial charge in [-0.3, -0.25) is 4.79 Å². The maximum atomic E-state index is 12.1. The van der Waals surface area contributed by atoms with Crippen LogP contribution in [-0.2, 0) is 11.2 Å². The van der Waals surface area contributed by atoms with Crippen molar-refractivity contribution in [3.05, 3.63) is 29.3 Å². The number of aldehydes is 1. The van der Waals surface area contributed by atoms with Gasteiger partial charge < -0.3 is 9.53 Å². The highest BCUT2D eigenvalue weighted by molar-refractivity contribution is 6.03. The SMILES string of the molecule is CC(C)COc1ccc2c(c1)C(=O)C(CC=O)C2. The molecule has 1 aliphatic carbocycles. The van der Waals surface area contributed by atoms with E-state index in [1.54, 1.807) is 0 Å². The molecule has 0 bridgehead atoms. The third-order valence-electron chi connectivity index (χ3n) is 3.15. The van der Waals surface area contributed by atoms with Gasteiger partial charge in [-0.2, -0.15) is 0 Å². The first kappa shape index (κ1) is 12.8. The summed E-state index contributed by atoms with van der Waals surface area (Å²) in [7, 11) is 0. The predicted octanol–water partition coefficient (Wildman–Crippen LogP) is 2.67. The molecule has 0 amide bonds. The Kier molecular flexibility index (Phi) is 3.80. The van der Waals surface area contributed by atoms with Crippen molar-refractivity contribution in [2.24, 2.45) is 11.8 Å². The second kappa shape index (κ2) is 5.34. The molecule has 1 unspecified atom stereocenters. The van der Waals surface area contributed by atoms with Gasteiger partial charge in [-0.15, -0.1) is 0 Å². The number of carbonyl (C=O) groups is 2. The number of Topliss-reactive ketones (excluding diaryl/α,β-unsaturated/α-hetero) is 1. The Hall–Kier alpha value is -1.64. The zero-order valence-electron chi connectivity index (χ0n) is 10.8. The summed E-state index contributed by atoms with van der Waals surface area (Å²) >= 11 is 0. The molecule has 0 aromatic heterocycles. The molecule has 1 atom stereocenters. The average Bonchev–Trinajstić information content (AvgIpc) is 2.65. The summed E-state index contributed by atoms with van der Waals surface area (Å²) in [5.41, 5.74) is 1.76. The van der Waals surface area contributed by atoms with E-state index in [0.717, 1.165) is 23.2 Å². The van der Waals surface area contributed by atoms with Crippen LogP contribution in [0.4, 0.5) is 0 Å². The maximum absolute atomic E-state index is 12.1. The fourth-order valence-corrected chi connectivity index (χ4v) is 2.20. The minimum absolute atomic E-state index is 0.0760. The van der Waals surface area contributed by atoms with Crippen LogP contribution in [0.15, 0.2) is 18.2 Å². The van der Waals surface area contributed by atoms with Crippen LogP contribution >= 0.6 is 0 Å². The summed E-state index contributed by atoms with van der Waals surface area (Å²) in [6.07, 6.45) is 1.82. The maximum Gasteiger partial charge on any atom is 0.167 e. The summed E-state index contributed by atoms with van der Waals surface area (Å²) in [6, 6.07) is 5.65. The summed E-state index contributed by atoms with van der Waals surface area (Å²) in [5, 5.41) is 0. The van der Waals surface area contributed by atoms with Gasteiger partial charge in [0.15, 0.2) is 5.78 Å². The molecule has 3 nitrogen and oxygen atoms in total. The topological polar surface area (TPSA) is 43.4 Å². The van der Waals surface area contributed by atoms with Crippen LogP contribution in [-0.4, -0.2) is 18.7 Å². The molecule has 18 heavy (non-hydrogen) atoms. The highest BCUT2D eigenvalue weighted by atomic mass is 16.5. The molecule has 2 rings (SSSR count). The van der Waals surface area contributed by atoms with Gasteiger partial charge in [0.2, 0.25) is 0 Å². The predicted molar refractivity (Wildman–Crippen MR) is 69.0 cm³/mol. The molecule has 1 aromatic rings. The fraction of sp³-hybridized carbons (Fsp3) is 0.467. The second-order valence-corrected chi connectivity index (χ2v) is 5.19. The van der Waals surface area contributed by atoms with Crippen molar-refractivity contribution < 1.29 is 14.3 Å². The first-order chi connectivity index (χ1) is 8.61. The van der Waals surface area contributed by atoms with Gasteiger partial charge in [0.05, 0.1) is 6.61 Å². The zero-order valence-corrected chi connectivity index (χ0v) is 10.8. The first-order valence-electron chi connectivity index (χ1n) is 6.35. The highest BCUT2D eigenvalue weighted by Gasteiger charge is 2.30. The van der Waals surface area contributed by atoms with Crippen molar-refractivity contribution in [3.8, 4) is 5.75 Å². The number of benzene rings is 1. The molecule has 0 radical (unpaired) electrons. The van der Waals surface area contributed by atoms with E-state index >= 15 is 0 Å². The third-order valence-corrected chi connectivity index (χ3v) is 3.15. The largest absolute Gasteiger partial charge is 0.493 e. The van der Waals surface area contributed by atoms with Crippen molar-refractivity contribution in [2.45, 2.75) is 26.7 Å². The Labute approximate surface area is 107 Å². The molecular formula is C15H18O3. The van der Waals surface area contributed by atoms with Crippen molar-refractivity contribution in [1.82, 2.24) is 0 Å². The van der Waals surface area contributed by atoms with E-state index in [0.29, 0.717) is 25.4 Å². The number of fused-ring (bicyclic) bond motifs is 1. The van der Waals surface area contributed by atoms with E-state index in [1.807, 2.05) is 18.2 Å². The molecule has 0 saturated heterocycles. The molecule has 3 heteroatoms. The lowest BCUT2D eigenvalue weighted by Crippen LogP contribution is -2.09. The number of hydrogen-bond acceptors (Lipinski definition) is 3. The highest BCUT2D eigenvalue weighted by Crippen LogP contribution is 2.31.